The third-order valence-corrected chi connectivity index (χ3v) is 1.89. The predicted molar refractivity (Wildman–Crippen MR) is 54.6 cm³/mol. The maximum Gasteiger partial charge on any atom is 0.104 e. The number of unbranched alkanes of at least 4 members (excludes halogenated alkanes) is 1. The number of hydrogen-bond donors (Lipinski definition) is 1. The minimum absolute atomic E-state index is 0.170. The molecule has 0 spiro atoms. The van der Waals surface area contributed by atoms with Gasteiger partial charge in [-0.1, -0.05) is 0 Å². The van der Waals surface area contributed by atoms with Crippen molar-refractivity contribution >= 4 is 0 Å². The van der Waals surface area contributed by atoms with Crippen LogP contribution in [0.15, 0.2) is 0 Å². The Hall–Kier alpha value is -0.120. The van der Waals surface area contributed by atoms with E-state index >= 15 is 0 Å². The van der Waals surface area contributed by atoms with E-state index in [2.05, 4.69) is 21.1 Å². The SMILES string of the molecule is COCCCCC(O)C[N+](C)(C)C. The monoisotopic (exact) mass is 190 g/mol. The molecule has 0 aliphatic heterocycles. The average Bonchev–Trinajstić information content (AvgIpc) is 1.94. The Kier molecular flexibility index (Phi) is 6.29. The van der Waals surface area contributed by atoms with Gasteiger partial charge in [0.15, 0.2) is 0 Å². The molecule has 0 heterocycles. The van der Waals surface area contributed by atoms with Crippen LogP contribution in [-0.2, 0) is 4.74 Å². The van der Waals surface area contributed by atoms with Gasteiger partial charge >= 0.3 is 0 Å². The van der Waals surface area contributed by atoms with E-state index in [1.807, 2.05) is 0 Å². The summed E-state index contributed by atoms with van der Waals surface area (Å²) in [4.78, 5) is 0. The Morgan fingerprint density at radius 2 is 1.85 bits per heavy atom. The first kappa shape index (κ1) is 12.9. The lowest BCUT2D eigenvalue weighted by Crippen LogP contribution is -2.41. The molecule has 3 heteroatoms. The van der Waals surface area contributed by atoms with Crippen molar-refractivity contribution < 1.29 is 14.3 Å². The first-order chi connectivity index (χ1) is 5.95. The first-order valence-corrected chi connectivity index (χ1v) is 4.93. The van der Waals surface area contributed by atoms with Gasteiger partial charge in [-0.25, -0.2) is 0 Å². The molecule has 0 aliphatic rings. The molecule has 0 radical (unpaired) electrons. The van der Waals surface area contributed by atoms with Gasteiger partial charge < -0.3 is 14.3 Å². The predicted octanol–water partition coefficient (Wildman–Crippen LogP) is 0.870. The third-order valence-electron chi connectivity index (χ3n) is 1.89. The number of quaternary nitrogens is 1. The van der Waals surface area contributed by atoms with Crippen molar-refractivity contribution in [2.24, 2.45) is 0 Å². The van der Waals surface area contributed by atoms with Gasteiger partial charge in [-0.3, -0.25) is 0 Å². The molecule has 0 aromatic carbocycles. The van der Waals surface area contributed by atoms with Gasteiger partial charge in [-0.2, -0.15) is 0 Å². The van der Waals surface area contributed by atoms with Gasteiger partial charge in [-0.05, 0) is 19.3 Å². The van der Waals surface area contributed by atoms with Crippen molar-refractivity contribution in [3.05, 3.63) is 0 Å². The summed E-state index contributed by atoms with van der Waals surface area (Å²) in [5, 5.41) is 9.63. The Balaban J connectivity index is 3.35. The molecule has 0 amide bonds. The minimum atomic E-state index is -0.170. The summed E-state index contributed by atoms with van der Waals surface area (Å²) in [7, 11) is 8.00. The largest absolute Gasteiger partial charge is 0.387 e. The summed E-state index contributed by atoms with van der Waals surface area (Å²) in [6.45, 7) is 1.63. The van der Waals surface area contributed by atoms with E-state index in [0.717, 1.165) is 36.9 Å². The molecule has 13 heavy (non-hydrogen) atoms. The molecule has 80 valence electrons. The van der Waals surface area contributed by atoms with Crippen molar-refractivity contribution in [3.63, 3.8) is 0 Å². The van der Waals surface area contributed by atoms with Crippen LogP contribution in [0.3, 0.4) is 0 Å². The average molecular weight is 190 g/mol. The van der Waals surface area contributed by atoms with Crippen LogP contribution in [0.2, 0.25) is 0 Å². The maximum atomic E-state index is 9.63. The van der Waals surface area contributed by atoms with Crippen LogP contribution in [-0.4, -0.2) is 57.1 Å². The lowest BCUT2D eigenvalue weighted by molar-refractivity contribution is -0.873. The maximum absolute atomic E-state index is 9.63. The van der Waals surface area contributed by atoms with Gasteiger partial charge in [0.2, 0.25) is 0 Å². The van der Waals surface area contributed by atoms with E-state index in [4.69, 9.17) is 4.74 Å². The molecule has 3 nitrogen and oxygen atoms in total. The second-order valence-electron chi connectivity index (χ2n) is 4.62. The van der Waals surface area contributed by atoms with E-state index < -0.39 is 0 Å². The summed E-state index contributed by atoms with van der Waals surface area (Å²) in [6, 6.07) is 0. The molecule has 0 aromatic rings. The summed E-state index contributed by atoms with van der Waals surface area (Å²) < 4.78 is 5.76. The fourth-order valence-electron chi connectivity index (χ4n) is 1.35. The number of rotatable bonds is 7. The Morgan fingerprint density at radius 3 is 2.31 bits per heavy atom. The van der Waals surface area contributed by atoms with Gasteiger partial charge in [0.05, 0.1) is 21.1 Å². The Labute approximate surface area is 81.9 Å². The molecule has 1 unspecified atom stereocenters. The Bertz CT molecular complexity index is 121. The zero-order valence-corrected chi connectivity index (χ0v) is 9.42. The highest BCUT2D eigenvalue weighted by Gasteiger charge is 2.14. The highest BCUT2D eigenvalue weighted by Crippen LogP contribution is 2.04. The van der Waals surface area contributed by atoms with Crippen LogP contribution in [0.4, 0.5) is 0 Å². The lowest BCUT2D eigenvalue weighted by atomic mass is 10.1. The van der Waals surface area contributed by atoms with Crippen molar-refractivity contribution in [2.45, 2.75) is 25.4 Å². The zero-order chi connectivity index (χ0) is 10.3. The molecule has 1 N–H and O–H groups in total. The molecular formula is C10H24NO2+. The molecule has 0 saturated carbocycles. The van der Waals surface area contributed by atoms with Crippen molar-refractivity contribution in [2.75, 3.05) is 41.4 Å². The van der Waals surface area contributed by atoms with Crippen LogP contribution in [0, 0.1) is 0 Å². The highest BCUT2D eigenvalue weighted by atomic mass is 16.5. The number of ether oxygens (including phenoxy) is 1. The van der Waals surface area contributed by atoms with E-state index in [1.54, 1.807) is 7.11 Å². The lowest BCUT2D eigenvalue weighted by Gasteiger charge is -2.26. The highest BCUT2D eigenvalue weighted by molar-refractivity contribution is 4.53. The van der Waals surface area contributed by atoms with Gasteiger partial charge in [-0.15, -0.1) is 0 Å². The quantitative estimate of drug-likeness (QED) is 0.477. The van der Waals surface area contributed by atoms with Crippen LogP contribution >= 0.6 is 0 Å². The van der Waals surface area contributed by atoms with Crippen LogP contribution in [0.5, 0.6) is 0 Å². The molecule has 0 rings (SSSR count). The fourth-order valence-corrected chi connectivity index (χ4v) is 1.35. The number of aliphatic hydroxyl groups excluding tert-OH is 1. The summed E-state index contributed by atoms with van der Waals surface area (Å²) in [5.74, 6) is 0. The number of likely N-dealkylation sites (N-methyl/N-ethyl adjacent to an activating group) is 1. The van der Waals surface area contributed by atoms with Crippen LogP contribution in [0.1, 0.15) is 19.3 Å². The van der Waals surface area contributed by atoms with E-state index in [1.165, 1.54) is 0 Å². The van der Waals surface area contributed by atoms with E-state index in [9.17, 15) is 5.11 Å². The normalized spacial score (nSPS) is 14.5. The Morgan fingerprint density at radius 1 is 1.23 bits per heavy atom. The van der Waals surface area contributed by atoms with Crippen LogP contribution < -0.4 is 0 Å². The first-order valence-electron chi connectivity index (χ1n) is 4.93. The number of hydrogen-bond acceptors (Lipinski definition) is 2. The van der Waals surface area contributed by atoms with E-state index in [0.29, 0.717) is 0 Å². The second-order valence-corrected chi connectivity index (χ2v) is 4.62. The molecule has 1 atom stereocenters. The van der Waals surface area contributed by atoms with Crippen LogP contribution in [0.25, 0.3) is 0 Å². The fraction of sp³-hybridized carbons (Fsp3) is 1.00. The second kappa shape index (κ2) is 6.35. The van der Waals surface area contributed by atoms with Crippen molar-refractivity contribution in [3.8, 4) is 0 Å². The van der Waals surface area contributed by atoms with Gasteiger partial charge in [0.1, 0.15) is 12.6 Å². The minimum Gasteiger partial charge on any atom is -0.387 e. The number of nitrogens with zero attached hydrogens (tertiary/aromatic N) is 1. The molecule has 0 aliphatic carbocycles. The standard InChI is InChI=1S/C10H24NO2/c1-11(2,3)9-10(12)7-5-6-8-13-4/h10,12H,5-9H2,1-4H3/q+1. The smallest absolute Gasteiger partial charge is 0.104 e. The third kappa shape index (κ3) is 9.80. The topological polar surface area (TPSA) is 29.5 Å². The number of methoxy groups -OCH3 is 1. The number of aliphatic hydroxyl groups is 1. The summed E-state index contributed by atoms with van der Waals surface area (Å²) >= 11 is 0. The summed E-state index contributed by atoms with van der Waals surface area (Å²) in [5.41, 5.74) is 0. The molecular weight excluding hydrogens is 166 g/mol. The van der Waals surface area contributed by atoms with Gasteiger partial charge in [0.25, 0.3) is 0 Å². The van der Waals surface area contributed by atoms with E-state index in [-0.39, 0.29) is 6.10 Å². The zero-order valence-electron chi connectivity index (χ0n) is 9.42. The molecule has 0 fully saturated rings. The van der Waals surface area contributed by atoms with Crippen molar-refractivity contribution in [1.29, 1.82) is 0 Å². The summed E-state index contributed by atoms with van der Waals surface area (Å²) in [6.07, 6.45) is 2.82. The van der Waals surface area contributed by atoms with Gasteiger partial charge in [0, 0.05) is 13.7 Å². The molecule has 0 aromatic heterocycles. The molecule has 0 saturated heterocycles. The molecule has 0 bridgehead atoms. The van der Waals surface area contributed by atoms with Crippen molar-refractivity contribution in [1.82, 2.24) is 0 Å².